The number of rotatable bonds is 3. The average molecular weight is 143 g/mol. The lowest BCUT2D eigenvalue weighted by atomic mass is 10.2. The Balaban J connectivity index is 2.30. The average Bonchev–Trinajstić information content (AvgIpc) is 2.65. The fraction of sp³-hybridized carbons (Fsp3) is 1.00. The molecule has 1 fully saturated rings. The van der Waals surface area contributed by atoms with E-state index in [0.717, 1.165) is 6.04 Å². The summed E-state index contributed by atoms with van der Waals surface area (Å²) >= 11 is 0. The highest BCUT2D eigenvalue weighted by Crippen LogP contribution is 2.27. The lowest BCUT2D eigenvalue weighted by Gasteiger charge is -2.26. The first-order valence-electron chi connectivity index (χ1n) is 4.03. The van der Waals surface area contributed by atoms with Crippen LogP contribution in [-0.4, -0.2) is 35.2 Å². The standard InChI is InChI=1S/C8H17NO/c1-6(7(2)10)9(3)8-4-5-8/h6-8,10H,4-5H2,1-3H3. The molecule has 60 valence electrons. The summed E-state index contributed by atoms with van der Waals surface area (Å²) in [6.45, 7) is 3.92. The molecule has 1 aliphatic rings. The van der Waals surface area contributed by atoms with Crippen LogP contribution in [0.5, 0.6) is 0 Å². The molecule has 0 spiro atoms. The zero-order valence-corrected chi connectivity index (χ0v) is 7.04. The molecular weight excluding hydrogens is 126 g/mol. The normalized spacial score (nSPS) is 24.9. The number of hydrogen-bond donors (Lipinski definition) is 1. The van der Waals surface area contributed by atoms with Gasteiger partial charge in [0.25, 0.3) is 0 Å². The van der Waals surface area contributed by atoms with Crippen molar-refractivity contribution in [1.82, 2.24) is 4.90 Å². The fourth-order valence-corrected chi connectivity index (χ4v) is 1.15. The van der Waals surface area contributed by atoms with Gasteiger partial charge in [0.05, 0.1) is 6.10 Å². The van der Waals surface area contributed by atoms with Crippen molar-refractivity contribution in [3.05, 3.63) is 0 Å². The van der Waals surface area contributed by atoms with Gasteiger partial charge in [-0.15, -0.1) is 0 Å². The number of aliphatic hydroxyl groups excluding tert-OH is 1. The highest BCUT2D eigenvalue weighted by Gasteiger charge is 2.30. The summed E-state index contributed by atoms with van der Waals surface area (Å²) in [5.41, 5.74) is 0. The van der Waals surface area contributed by atoms with Crippen LogP contribution < -0.4 is 0 Å². The number of likely N-dealkylation sites (N-methyl/N-ethyl adjacent to an activating group) is 1. The molecule has 0 amide bonds. The van der Waals surface area contributed by atoms with Crippen molar-refractivity contribution < 1.29 is 5.11 Å². The van der Waals surface area contributed by atoms with E-state index in [1.165, 1.54) is 12.8 Å². The van der Waals surface area contributed by atoms with Crippen molar-refractivity contribution in [2.24, 2.45) is 0 Å². The van der Waals surface area contributed by atoms with Crippen molar-refractivity contribution >= 4 is 0 Å². The smallest absolute Gasteiger partial charge is 0.0664 e. The highest BCUT2D eigenvalue weighted by atomic mass is 16.3. The number of hydrogen-bond acceptors (Lipinski definition) is 2. The van der Waals surface area contributed by atoms with Crippen molar-refractivity contribution in [2.45, 2.75) is 44.9 Å². The summed E-state index contributed by atoms with van der Waals surface area (Å²) in [7, 11) is 2.09. The van der Waals surface area contributed by atoms with Crippen LogP contribution in [0.1, 0.15) is 26.7 Å². The first-order valence-corrected chi connectivity index (χ1v) is 4.03. The largest absolute Gasteiger partial charge is 0.392 e. The van der Waals surface area contributed by atoms with Crippen LogP contribution in [0.2, 0.25) is 0 Å². The fourth-order valence-electron chi connectivity index (χ4n) is 1.15. The van der Waals surface area contributed by atoms with Gasteiger partial charge in [-0.1, -0.05) is 0 Å². The predicted molar refractivity (Wildman–Crippen MR) is 41.9 cm³/mol. The molecule has 0 aliphatic heterocycles. The van der Waals surface area contributed by atoms with Crippen LogP contribution in [-0.2, 0) is 0 Å². The molecule has 10 heavy (non-hydrogen) atoms. The third kappa shape index (κ3) is 1.70. The van der Waals surface area contributed by atoms with Crippen LogP contribution in [0.25, 0.3) is 0 Å². The molecule has 1 N–H and O–H groups in total. The Kier molecular flexibility index (Phi) is 2.32. The minimum absolute atomic E-state index is 0.203. The van der Waals surface area contributed by atoms with Crippen LogP contribution in [0, 0.1) is 0 Å². The van der Waals surface area contributed by atoms with Gasteiger partial charge in [-0.25, -0.2) is 0 Å². The molecule has 0 aromatic heterocycles. The predicted octanol–water partition coefficient (Wildman–Crippen LogP) is 0.850. The Bertz CT molecular complexity index is 104. The zero-order chi connectivity index (χ0) is 7.72. The van der Waals surface area contributed by atoms with Gasteiger partial charge < -0.3 is 5.11 Å². The van der Waals surface area contributed by atoms with Crippen molar-refractivity contribution in [3.8, 4) is 0 Å². The van der Waals surface area contributed by atoms with E-state index in [-0.39, 0.29) is 6.10 Å². The van der Waals surface area contributed by atoms with E-state index in [1.807, 2.05) is 6.92 Å². The van der Waals surface area contributed by atoms with Crippen LogP contribution in [0.3, 0.4) is 0 Å². The lowest BCUT2D eigenvalue weighted by molar-refractivity contribution is 0.0824. The van der Waals surface area contributed by atoms with Gasteiger partial charge in [-0.3, -0.25) is 4.90 Å². The van der Waals surface area contributed by atoms with E-state index >= 15 is 0 Å². The molecule has 0 bridgehead atoms. The van der Waals surface area contributed by atoms with Gasteiger partial charge in [0.15, 0.2) is 0 Å². The summed E-state index contributed by atoms with van der Waals surface area (Å²) in [5.74, 6) is 0. The molecule has 2 heteroatoms. The summed E-state index contributed by atoms with van der Waals surface area (Å²) in [4.78, 5) is 2.27. The molecule has 0 radical (unpaired) electrons. The van der Waals surface area contributed by atoms with Gasteiger partial charge in [0, 0.05) is 12.1 Å². The van der Waals surface area contributed by atoms with Crippen LogP contribution >= 0.6 is 0 Å². The van der Waals surface area contributed by atoms with Crippen molar-refractivity contribution in [1.29, 1.82) is 0 Å². The minimum atomic E-state index is -0.203. The van der Waals surface area contributed by atoms with Gasteiger partial charge in [0.1, 0.15) is 0 Å². The Morgan fingerprint density at radius 2 is 1.90 bits per heavy atom. The number of nitrogens with zero attached hydrogens (tertiary/aromatic N) is 1. The minimum Gasteiger partial charge on any atom is -0.392 e. The molecule has 2 atom stereocenters. The third-order valence-electron chi connectivity index (χ3n) is 2.46. The first kappa shape index (κ1) is 8.02. The maximum Gasteiger partial charge on any atom is 0.0664 e. The zero-order valence-electron chi connectivity index (χ0n) is 7.04. The van der Waals surface area contributed by atoms with Crippen molar-refractivity contribution in [2.75, 3.05) is 7.05 Å². The van der Waals surface area contributed by atoms with Gasteiger partial charge in [-0.05, 0) is 33.7 Å². The molecular formula is C8H17NO. The monoisotopic (exact) mass is 143 g/mol. The molecule has 0 aromatic rings. The van der Waals surface area contributed by atoms with E-state index in [1.54, 1.807) is 0 Å². The van der Waals surface area contributed by atoms with Gasteiger partial charge >= 0.3 is 0 Å². The van der Waals surface area contributed by atoms with E-state index in [4.69, 9.17) is 0 Å². The molecule has 1 rings (SSSR count). The maximum atomic E-state index is 9.23. The van der Waals surface area contributed by atoms with E-state index < -0.39 is 0 Å². The maximum absolute atomic E-state index is 9.23. The highest BCUT2D eigenvalue weighted by molar-refractivity contribution is 4.86. The Labute approximate surface area is 62.8 Å². The van der Waals surface area contributed by atoms with Gasteiger partial charge in [-0.2, -0.15) is 0 Å². The molecule has 1 saturated carbocycles. The first-order chi connectivity index (χ1) is 4.63. The Morgan fingerprint density at radius 3 is 2.20 bits per heavy atom. The summed E-state index contributed by atoms with van der Waals surface area (Å²) in [6, 6.07) is 1.07. The molecule has 2 nitrogen and oxygen atoms in total. The second-order valence-electron chi connectivity index (χ2n) is 3.38. The summed E-state index contributed by atoms with van der Waals surface area (Å²) in [6.07, 6.45) is 2.42. The van der Waals surface area contributed by atoms with Crippen LogP contribution in [0.4, 0.5) is 0 Å². The Hall–Kier alpha value is -0.0800. The Morgan fingerprint density at radius 1 is 1.40 bits per heavy atom. The molecule has 1 aliphatic carbocycles. The second-order valence-corrected chi connectivity index (χ2v) is 3.38. The molecule has 2 unspecified atom stereocenters. The lowest BCUT2D eigenvalue weighted by Crippen LogP contribution is -2.38. The quantitative estimate of drug-likeness (QED) is 0.633. The van der Waals surface area contributed by atoms with Gasteiger partial charge in [0.2, 0.25) is 0 Å². The summed E-state index contributed by atoms with van der Waals surface area (Å²) in [5, 5.41) is 9.23. The molecule has 0 saturated heterocycles. The second kappa shape index (κ2) is 2.89. The van der Waals surface area contributed by atoms with E-state index in [0.29, 0.717) is 6.04 Å². The topological polar surface area (TPSA) is 23.5 Å². The molecule has 0 aromatic carbocycles. The van der Waals surface area contributed by atoms with Crippen molar-refractivity contribution in [3.63, 3.8) is 0 Å². The molecule has 0 heterocycles. The number of aliphatic hydroxyl groups is 1. The SMILES string of the molecule is CC(O)C(C)N(C)C1CC1. The van der Waals surface area contributed by atoms with Crippen LogP contribution in [0.15, 0.2) is 0 Å². The van der Waals surface area contributed by atoms with E-state index in [2.05, 4.69) is 18.9 Å². The summed E-state index contributed by atoms with van der Waals surface area (Å²) < 4.78 is 0. The van der Waals surface area contributed by atoms with E-state index in [9.17, 15) is 5.11 Å². The third-order valence-corrected chi connectivity index (χ3v) is 2.46.